The van der Waals surface area contributed by atoms with Crippen molar-refractivity contribution in [2.24, 2.45) is 11.5 Å². The molecule has 5 heteroatoms. The molecule has 0 saturated carbocycles. The molecule has 0 radical (unpaired) electrons. The van der Waals surface area contributed by atoms with E-state index in [1.807, 2.05) is 13.8 Å². The van der Waals surface area contributed by atoms with Crippen molar-refractivity contribution in [3.05, 3.63) is 72.2 Å². The second kappa shape index (κ2) is 6.58. The Bertz CT molecular complexity index is 576. The fourth-order valence-electron chi connectivity index (χ4n) is 2.78. The van der Waals surface area contributed by atoms with Crippen molar-refractivity contribution in [1.82, 2.24) is 0 Å². The van der Waals surface area contributed by atoms with Crippen LogP contribution in [0, 0.1) is 0 Å². The van der Waals surface area contributed by atoms with Crippen LogP contribution < -0.4 is 11.5 Å². The van der Waals surface area contributed by atoms with Crippen LogP contribution in [0.4, 0.5) is 0 Å². The molecule has 0 saturated heterocycles. The van der Waals surface area contributed by atoms with Crippen LogP contribution in [0.15, 0.2) is 72.2 Å². The van der Waals surface area contributed by atoms with Gasteiger partial charge in [-0.1, -0.05) is 24.3 Å². The fourth-order valence-corrected chi connectivity index (χ4v) is 2.78. The van der Waals surface area contributed by atoms with Crippen LogP contribution in [-0.4, -0.2) is 33.6 Å². The van der Waals surface area contributed by atoms with E-state index in [4.69, 9.17) is 16.2 Å². The number of aliphatic hydroxyl groups excluding tert-OH is 2. The third-order valence-electron chi connectivity index (χ3n) is 3.91. The SMILES string of the molecule is CC=CC1(OC2(C=CC)C=CC(N)=CC2O)C=CC(N)=CC1O. The van der Waals surface area contributed by atoms with Gasteiger partial charge in [0.2, 0.25) is 0 Å². The molecule has 0 aromatic rings. The molecular weight excluding hydrogens is 292 g/mol. The van der Waals surface area contributed by atoms with Gasteiger partial charge in [-0.3, -0.25) is 0 Å². The van der Waals surface area contributed by atoms with Crippen LogP contribution in [0.25, 0.3) is 0 Å². The van der Waals surface area contributed by atoms with E-state index in [9.17, 15) is 10.2 Å². The fraction of sp³-hybridized carbons (Fsp3) is 0.333. The maximum atomic E-state index is 10.5. The molecule has 2 rings (SSSR count). The topological polar surface area (TPSA) is 102 Å². The molecule has 6 N–H and O–H groups in total. The Morgan fingerprint density at radius 1 is 0.913 bits per heavy atom. The number of allylic oxidation sites excluding steroid dienone is 4. The molecule has 0 amide bonds. The highest BCUT2D eigenvalue weighted by Crippen LogP contribution is 2.36. The maximum Gasteiger partial charge on any atom is 0.136 e. The summed E-state index contributed by atoms with van der Waals surface area (Å²) in [6.07, 6.45) is 14.9. The lowest BCUT2D eigenvalue weighted by atomic mass is 9.85. The lowest BCUT2D eigenvalue weighted by Gasteiger charge is -2.43. The summed E-state index contributed by atoms with van der Waals surface area (Å²) in [5, 5.41) is 21.0. The standard InChI is InChI=1S/C18H24N2O3/c1-3-7-17(9-5-13(19)11-15(17)21)23-18(8-4-2)10-6-14(20)12-16(18)22/h3-12,15-16,21-22H,19-20H2,1-2H3. The second-order valence-corrected chi connectivity index (χ2v) is 5.70. The van der Waals surface area contributed by atoms with Crippen molar-refractivity contribution in [2.75, 3.05) is 0 Å². The van der Waals surface area contributed by atoms with E-state index in [2.05, 4.69) is 0 Å². The van der Waals surface area contributed by atoms with Gasteiger partial charge in [-0.2, -0.15) is 0 Å². The van der Waals surface area contributed by atoms with E-state index in [0.717, 1.165) is 0 Å². The van der Waals surface area contributed by atoms with Gasteiger partial charge in [0.25, 0.3) is 0 Å². The summed E-state index contributed by atoms with van der Waals surface area (Å²) in [6, 6.07) is 0. The van der Waals surface area contributed by atoms with Gasteiger partial charge in [0.15, 0.2) is 0 Å². The Labute approximate surface area is 136 Å². The molecule has 4 unspecified atom stereocenters. The van der Waals surface area contributed by atoms with Gasteiger partial charge in [-0.05, 0) is 50.3 Å². The van der Waals surface area contributed by atoms with Crippen molar-refractivity contribution in [3.63, 3.8) is 0 Å². The number of ether oxygens (including phenoxy) is 1. The van der Waals surface area contributed by atoms with Crippen LogP contribution in [0.2, 0.25) is 0 Å². The smallest absolute Gasteiger partial charge is 0.136 e. The minimum Gasteiger partial charge on any atom is -0.399 e. The average Bonchev–Trinajstić information content (AvgIpc) is 2.48. The van der Waals surface area contributed by atoms with Crippen molar-refractivity contribution in [3.8, 4) is 0 Å². The van der Waals surface area contributed by atoms with E-state index in [0.29, 0.717) is 11.4 Å². The summed E-state index contributed by atoms with van der Waals surface area (Å²) in [4.78, 5) is 0. The first-order chi connectivity index (χ1) is 10.9. The Morgan fingerprint density at radius 2 is 1.30 bits per heavy atom. The second-order valence-electron chi connectivity index (χ2n) is 5.70. The van der Waals surface area contributed by atoms with Gasteiger partial charge in [0, 0.05) is 11.4 Å². The highest BCUT2D eigenvalue weighted by atomic mass is 16.5. The van der Waals surface area contributed by atoms with Gasteiger partial charge in [0.1, 0.15) is 23.4 Å². The molecule has 0 aromatic heterocycles. The summed E-state index contributed by atoms with van der Waals surface area (Å²) in [6.45, 7) is 3.67. The van der Waals surface area contributed by atoms with Crippen molar-refractivity contribution in [2.45, 2.75) is 37.3 Å². The summed E-state index contributed by atoms with van der Waals surface area (Å²) in [5.74, 6) is 0. The zero-order valence-corrected chi connectivity index (χ0v) is 13.4. The number of hydrogen-bond donors (Lipinski definition) is 4. The van der Waals surface area contributed by atoms with Crippen molar-refractivity contribution >= 4 is 0 Å². The lowest BCUT2D eigenvalue weighted by Crippen LogP contribution is -2.53. The predicted molar refractivity (Wildman–Crippen MR) is 91.0 cm³/mol. The van der Waals surface area contributed by atoms with Gasteiger partial charge in [0.05, 0.1) is 0 Å². The van der Waals surface area contributed by atoms with E-state index in [1.165, 1.54) is 12.2 Å². The predicted octanol–water partition coefficient (Wildman–Crippen LogP) is 1.18. The quantitative estimate of drug-likeness (QED) is 0.583. The molecule has 23 heavy (non-hydrogen) atoms. The molecule has 2 aliphatic rings. The number of rotatable bonds is 4. The van der Waals surface area contributed by atoms with E-state index in [-0.39, 0.29) is 0 Å². The third kappa shape index (κ3) is 3.32. The Balaban J connectivity index is 2.46. The molecule has 4 atom stereocenters. The van der Waals surface area contributed by atoms with Crippen LogP contribution in [0.1, 0.15) is 13.8 Å². The van der Waals surface area contributed by atoms with Crippen molar-refractivity contribution < 1.29 is 14.9 Å². The van der Waals surface area contributed by atoms with Crippen LogP contribution in [0.5, 0.6) is 0 Å². The maximum absolute atomic E-state index is 10.5. The Kier molecular flexibility index (Phi) is 4.94. The van der Waals surface area contributed by atoms with Gasteiger partial charge >= 0.3 is 0 Å². The summed E-state index contributed by atoms with van der Waals surface area (Å²) in [7, 11) is 0. The minimum absolute atomic E-state index is 0.463. The highest BCUT2D eigenvalue weighted by Gasteiger charge is 2.45. The lowest BCUT2D eigenvalue weighted by molar-refractivity contribution is -0.134. The first-order valence-corrected chi connectivity index (χ1v) is 7.54. The van der Waals surface area contributed by atoms with E-state index in [1.54, 1.807) is 48.6 Å². The molecule has 2 aliphatic carbocycles. The number of nitrogens with two attached hydrogens (primary N) is 2. The zero-order valence-electron chi connectivity index (χ0n) is 13.4. The number of hydrogen-bond acceptors (Lipinski definition) is 5. The van der Waals surface area contributed by atoms with Gasteiger partial charge < -0.3 is 26.4 Å². The Hall–Kier alpha value is -2.08. The van der Waals surface area contributed by atoms with Crippen LogP contribution >= 0.6 is 0 Å². The first-order valence-electron chi connectivity index (χ1n) is 7.54. The van der Waals surface area contributed by atoms with Gasteiger partial charge in [-0.15, -0.1) is 0 Å². The third-order valence-corrected chi connectivity index (χ3v) is 3.91. The number of aliphatic hydroxyl groups is 2. The summed E-state index contributed by atoms with van der Waals surface area (Å²) >= 11 is 0. The van der Waals surface area contributed by atoms with E-state index >= 15 is 0 Å². The molecule has 0 spiro atoms. The molecule has 0 fully saturated rings. The molecular formula is C18H24N2O3. The van der Waals surface area contributed by atoms with Gasteiger partial charge in [-0.25, -0.2) is 0 Å². The molecule has 0 heterocycles. The molecule has 0 aromatic carbocycles. The normalized spacial score (nSPS) is 37.4. The monoisotopic (exact) mass is 316 g/mol. The minimum atomic E-state index is -1.14. The summed E-state index contributed by atoms with van der Waals surface area (Å²) < 4.78 is 6.26. The highest BCUT2D eigenvalue weighted by molar-refractivity contribution is 5.38. The average molecular weight is 316 g/mol. The largest absolute Gasteiger partial charge is 0.399 e. The first kappa shape index (κ1) is 17.3. The van der Waals surface area contributed by atoms with E-state index < -0.39 is 23.4 Å². The zero-order chi connectivity index (χ0) is 17.1. The molecule has 0 aliphatic heterocycles. The molecule has 124 valence electrons. The summed E-state index contributed by atoms with van der Waals surface area (Å²) in [5.41, 5.74) is 10.1. The molecule has 5 nitrogen and oxygen atoms in total. The molecule has 0 bridgehead atoms. The van der Waals surface area contributed by atoms with Crippen LogP contribution in [0.3, 0.4) is 0 Å². The van der Waals surface area contributed by atoms with Crippen LogP contribution in [-0.2, 0) is 4.74 Å². The Morgan fingerprint density at radius 3 is 1.61 bits per heavy atom. The van der Waals surface area contributed by atoms with Crippen molar-refractivity contribution in [1.29, 1.82) is 0 Å².